The molecule has 1 aliphatic heterocycles. The third-order valence-corrected chi connectivity index (χ3v) is 4.93. The van der Waals surface area contributed by atoms with Crippen molar-refractivity contribution in [3.63, 3.8) is 0 Å². The van der Waals surface area contributed by atoms with Crippen LogP contribution in [0.25, 0.3) is 0 Å². The fourth-order valence-corrected chi connectivity index (χ4v) is 3.53. The number of rotatable bonds is 2. The van der Waals surface area contributed by atoms with Gasteiger partial charge in [-0.3, -0.25) is 0 Å². The highest BCUT2D eigenvalue weighted by Gasteiger charge is 2.30. The lowest BCUT2D eigenvalue weighted by Gasteiger charge is -2.31. The molecule has 24 heavy (non-hydrogen) atoms. The smallest absolute Gasteiger partial charge is 0.241 e. The molecule has 3 N–H and O–H groups in total. The van der Waals surface area contributed by atoms with Crippen LogP contribution in [0, 0.1) is 6.92 Å². The van der Waals surface area contributed by atoms with Crippen molar-refractivity contribution in [1.82, 2.24) is 14.8 Å². The third-order valence-electron chi connectivity index (χ3n) is 4.40. The van der Waals surface area contributed by atoms with Gasteiger partial charge in [0.15, 0.2) is 0 Å². The van der Waals surface area contributed by atoms with E-state index in [1.807, 2.05) is 4.68 Å². The Morgan fingerprint density at radius 3 is 2.71 bits per heavy atom. The number of hydrogen-bond donors (Lipinski definition) is 2. The van der Waals surface area contributed by atoms with Gasteiger partial charge in [-0.25, -0.2) is 4.68 Å². The summed E-state index contributed by atoms with van der Waals surface area (Å²) in [6.07, 6.45) is 0.890. The third kappa shape index (κ3) is 2.78. The second-order valence-corrected chi connectivity index (χ2v) is 7.07. The Bertz CT molecular complexity index is 871. The molecular weight excluding hydrogens is 366 g/mol. The minimum Gasteiger partial charge on any atom is -0.366 e. The Morgan fingerprint density at radius 1 is 1.17 bits per heavy atom. The van der Waals surface area contributed by atoms with Gasteiger partial charge in [0.05, 0.1) is 12.1 Å². The number of hydrogen-bond acceptors (Lipinski definition) is 4. The maximum atomic E-state index is 5.84. The molecule has 0 aliphatic carbocycles. The molecule has 0 saturated carbocycles. The first-order valence-corrected chi connectivity index (χ1v) is 8.70. The molecule has 2 aromatic carbocycles. The highest BCUT2D eigenvalue weighted by atomic mass is 79.9. The maximum Gasteiger partial charge on any atom is 0.241 e. The number of fused-ring (bicyclic) bond motifs is 1. The van der Waals surface area contributed by atoms with E-state index >= 15 is 0 Å². The van der Waals surface area contributed by atoms with Gasteiger partial charge in [0, 0.05) is 4.47 Å². The van der Waals surface area contributed by atoms with Gasteiger partial charge in [0.1, 0.15) is 0 Å². The van der Waals surface area contributed by atoms with Gasteiger partial charge in [-0.05, 0) is 36.6 Å². The molecule has 0 spiro atoms. The van der Waals surface area contributed by atoms with Crippen LogP contribution in [-0.4, -0.2) is 14.8 Å². The first kappa shape index (κ1) is 15.2. The summed E-state index contributed by atoms with van der Waals surface area (Å²) in [5, 5.41) is 7.86. The van der Waals surface area contributed by atoms with Crippen LogP contribution in [0.2, 0.25) is 0 Å². The summed E-state index contributed by atoms with van der Waals surface area (Å²) < 4.78 is 2.98. The van der Waals surface area contributed by atoms with Crippen molar-refractivity contribution in [2.45, 2.75) is 25.4 Å². The molecule has 2 atom stereocenters. The molecule has 2 heterocycles. The van der Waals surface area contributed by atoms with E-state index in [-0.39, 0.29) is 12.1 Å². The van der Waals surface area contributed by atoms with Crippen LogP contribution in [0.15, 0.2) is 53.0 Å². The normalized spacial score (nSPS) is 19.6. The van der Waals surface area contributed by atoms with E-state index in [1.165, 1.54) is 16.7 Å². The molecule has 0 unspecified atom stereocenters. The fourth-order valence-electron chi connectivity index (χ4n) is 3.26. The summed E-state index contributed by atoms with van der Waals surface area (Å²) in [5.41, 5.74) is 9.53. The number of aromatic nitrogens is 3. The predicted molar refractivity (Wildman–Crippen MR) is 98.9 cm³/mol. The lowest BCUT2D eigenvalue weighted by molar-refractivity contribution is 0.431. The first-order chi connectivity index (χ1) is 11.6. The Morgan fingerprint density at radius 2 is 1.96 bits per heavy atom. The molecule has 0 saturated heterocycles. The second kappa shape index (κ2) is 5.94. The highest BCUT2D eigenvalue weighted by molar-refractivity contribution is 9.10. The van der Waals surface area contributed by atoms with Crippen molar-refractivity contribution in [2.75, 3.05) is 11.1 Å². The number of anilines is 2. The van der Waals surface area contributed by atoms with E-state index in [2.05, 4.69) is 86.8 Å². The van der Waals surface area contributed by atoms with E-state index in [9.17, 15) is 0 Å². The number of benzene rings is 2. The molecule has 4 rings (SSSR count). The highest BCUT2D eigenvalue weighted by Crippen LogP contribution is 2.38. The average Bonchev–Trinajstić information content (AvgIpc) is 2.94. The van der Waals surface area contributed by atoms with Crippen molar-refractivity contribution in [3.8, 4) is 0 Å². The van der Waals surface area contributed by atoms with Crippen molar-refractivity contribution in [2.24, 2.45) is 0 Å². The minimum absolute atomic E-state index is 0.111. The van der Waals surface area contributed by atoms with E-state index in [4.69, 9.17) is 5.73 Å². The summed E-state index contributed by atoms with van der Waals surface area (Å²) in [6, 6.07) is 17.2. The molecule has 0 amide bonds. The van der Waals surface area contributed by atoms with Gasteiger partial charge in [-0.1, -0.05) is 57.9 Å². The predicted octanol–water partition coefficient (Wildman–Crippen LogP) is 4.08. The minimum atomic E-state index is 0.111. The fraction of sp³-hybridized carbons (Fsp3) is 0.222. The Labute approximate surface area is 149 Å². The van der Waals surface area contributed by atoms with E-state index in [0.29, 0.717) is 5.95 Å². The zero-order valence-corrected chi connectivity index (χ0v) is 14.9. The van der Waals surface area contributed by atoms with Crippen LogP contribution in [0.4, 0.5) is 11.9 Å². The maximum absolute atomic E-state index is 5.84. The van der Waals surface area contributed by atoms with Gasteiger partial charge < -0.3 is 11.1 Å². The number of nitrogens with two attached hydrogens (primary N) is 1. The molecule has 1 aromatic heterocycles. The molecule has 0 fully saturated rings. The molecule has 0 bridgehead atoms. The van der Waals surface area contributed by atoms with E-state index < -0.39 is 0 Å². The lowest BCUT2D eigenvalue weighted by Crippen LogP contribution is -2.28. The molecule has 6 heteroatoms. The van der Waals surface area contributed by atoms with Gasteiger partial charge in [-0.15, -0.1) is 5.10 Å². The molecule has 122 valence electrons. The van der Waals surface area contributed by atoms with Gasteiger partial charge in [-0.2, -0.15) is 4.98 Å². The van der Waals surface area contributed by atoms with Gasteiger partial charge in [0.2, 0.25) is 11.9 Å². The molecule has 3 aromatic rings. The number of nitrogens with zero attached hydrogens (tertiary/aromatic N) is 3. The van der Waals surface area contributed by atoms with Gasteiger partial charge in [0.25, 0.3) is 0 Å². The Kier molecular flexibility index (Phi) is 3.76. The molecule has 0 radical (unpaired) electrons. The average molecular weight is 384 g/mol. The number of halogens is 1. The molecule has 1 aliphatic rings. The summed E-state index contributed by atoms with van der Waals surface area (Å²) in [7, 11) is 0. The number of nitrogen functional groups attached to an aromatic ring is 1. The Balaban J connectivity index is 1.76. The van der Waals surface area contributed by atoms with Crippen molar-refractivity contribution >= 4 is 27.8 Å². The van der Waals surface area contributed by atoms with Crippen molar-refractivity contribution in [1.29, 1.82) is 0 Å². The summed E-state index contributed by atoms with van der Waals surface area (Å²) in [6.45, 7) is 2.10. The lowest BCUT2D eigenvalue weighted by atomic mass is 9.93. The van der Waals surface area contributed by atoms with E-state index in [0.717, 1.165) is 16.8 Å². The zero-order valence-electron chi connectivity index (χ0n) is 13.3. The second-order valence-electron chi connectivity index (χ2n) is 6.15. The Hall–Kier alpha value is -2.34. The quantitative estimate of drug-likeness (QED) is 0.699. The summed E-state index contributed by atoms with van der Waals surface area (Å²) in [4.78, 5) is 4.35. The van der Waals surface area contributed by atoms with Crippen LogP contribution in [0.5, 0.6) is 0 Å². The van der Waals surface area contributed by atoms with Crippen LogP contribution in [0.1, 0.15) is 35.2 Å². The zero-order chi connectivity index (χ0) is 16.7. The summed E-state index contributed by atoms with van der Waals surface area (Å²) >= 11 is 3.49. The number of aryl methyl sites for hydroxylation is 1. The topological polar surface area (TPSA) is 68.8 Å². The van der Waals surface area contributed by atoms with Crippen LogP contribution in [-0.2, 0) is 0 Å². The SMILES string of the molecule is Cc1cccc([C@@H]2C[C@H](c3ccc(Br)cc3)Nc3nc(N)nn32)c1. The van der Waals surface area contributed by atoms with Crippen LogP contribution < -0.4 is 11.1 Å². The van der Waals surface area contributed by atoms with Crippen LogP contribution >= 0.6 is 15.9 Å². The van der Waals surface area contributed by atoms with Crippen molar-refractivity contribution in [3.05, 3.63) is 69.7 Å². The largest absolute Gasteiger partial charge is 0.366 e. The standard InChI is InChI=1S/C18H18BrN5/c1-11-3-2-4-13(9-11)16-10-15(12-5-7-14(19)8-6-12)21-18-22-17(20)23-24(16)18/h2-9,15-16H,10H2,1H3,(H3,20,21,22,23)/t15-,16+/m1/s1. The van der Waals surface area contributed by atoms with Crippen molar-refractivity contribution < 1.29 is 0 Å². The van der Waals surface area contributed by atoms with Gasteiger partial charge >= 0.3 is 0 Å². The van der Waals surface area contributed by atoms with E-state index in [1.54, 1.807) is 0 Å². The monoisotopic (exact) mass is 383 g/mol. The van der Waals surface area contributed by atoms with Crippen LogP contribution in [0.3, 0.4) is 0 Å². The molecule has 5 nitrogen and oxygen atoms in total. The first-order valence-electron chi connectivity index (χ1n) is 7.91. The molecular formula is C18H18BrN5. The number of nitrogens with one attached hydrogen (secondary N) is 1. The summed E-state index contributed by atoms with van der Waals surface area (Å²) in [5.74, 6) is 1.02.